The Morgan fingerprint density at radius 2 is 1.95 bits per heavy atom. The summed E-state index contributed by atoms with van der Waals surface area (Å²) in [4.78, 5) is -0.192. The van der Waals surface area contributed by atoms with E-state index in [0.29, 0.717) is 11.4 Å². The molecule has 0 spiro atoms. The van der Waals surface area contributed by atoms with E-state index in [2.05, 4.69) is 4.72 Å². The van der Waals surface area contributed by atoms with Gasteiger partial charge < -0.3 is 10.5 Å². The average Bonchev–Trinajstić information content (AvgIpc) is 2.42. The molecule has 0 bridgehead atoms. The van der Waals surface area contributed by atoms with Gasteiger partial charge in [-0.25, -0.2) is 12.8 Å². The highest BCUT2D eigenvalue weighted by Gasteiger charge is 2.20. The van der Waals surface area contributed by atoms with Crippen LogP contribution in [0.5, 0.6) is 5.75 Å². The van der Waals surface area contributed by atoms with E-state index in [1.54, 1.807) is 18.2 Å². The number of hydrogen-bond acceptors (Lipinski definition) is 4. The first-order valence-corrected chi connectivity index (χ1v) is 7.54. The van der Waals surface area contributed by atoms with Gasteiger partial charge in [-0.1, -0.05) is 6.07 Å². The van der Waals surface area contributed by atoms with Crippen molar-refractivity contribution < 1.29 is 17.5 Å². The van der Waals surface area contributed by atoms with Crippen molar-refractivity contribution in [2.24, 2.45) is 0 Å². The normalized spacial score (nSPS) is 11.2. The summed E-state index contributed by atoms with van der Waals surface area (Å²) in [6, 6.07) is 8.72. The molecule has 2 aromatic carbocycles. The monoisotopic (exact) mass is 310 g/mol. The van der Waals surface area contributed by atoms with Gasteiger partial charge in [0.15, 0.2) is 0 Å². The minimum absolute atomic E-state index is 0.0135. The van der Waals surface area contributed by atoms with Gasteiger partial charge >= 0.3 is 0 Å². The van der Waals surface area contributed by atoms with Crippen molar-refractivity contribution >= 4 is 21.4 Å². The van der Waals surface area contributed by atoms with Gasteiger partial charge in [0, 0.05) is 17.3 Å². The Labute approximate surface area is 122 Å². The Morgan fingerprint density at radius 1 is 1.24 bits per heavy atom. The van der Waals surface area contributed by atoms with Crippen LogP contribution in [0.25, 0.3) is 0 Å². The van der Waals surface area contributed by atoms with E-state index < -0.39 is 15.8 Å². The van der Waals surface area contributed by atoms with Crippen LogP contribution >= 0.6 is 0 Å². The van der Waals surface area contributed by atoms with Crippen LogP contribution in [0.15, 0.2) is 41.3 Å². The molecule has 0 saturated heterocycles. The zero-order chi connectivity index (χ0) is 15.6. The van der Waals surface area contributed by atoms with Crippen LogP contribution in [0, 0.1) is 12.7 Å². The first-order chi connectivity index (χ1) is 9.83. The van der Waals surface area contributed by atoms with Gasteiger partial charge in [-0.05, 0) is 31.2 Å². The second-order valence-electron chi connectivity index (χ2n) is 4.46. The van der Waals surface area contributed by atoms with E-state index in [9.17, 15) is 12.8 Å². The molecule has 0 aliphatic rings. The van der Waals surface area contributed by atoms with Gasteiger partial charge in [-0.15, -0.1) is 0 Å². The SMILES string of the molecule is COc1cccc(NS(=O)(=O)c2cc(N)cc(F)c2C)c1. The molecule has 5 nitrogen and oxygen atoms in total. The maximum atomic E-state index is 13.6. The third-order valence-electron chi connectivity index (χ3n) is 2.93. The zero-order valence-electron chi connectivity index (χ0n) is 11.6. The summed E-state index contributed by atoms with van der Waals surface area (Å²) >= 11 is 0. The number of ether oxygens (including phenoxy) is 1. The van der Waals surface area contributed by atoms with Gasteiger partial charge in [0.05, 0.1) is 17.7 Å². The zero-order valence-corrected chi connectivity index (χ0v) is 12.4. The maximum absolute atomic E-state index is 13.6. The van der Waals surface area contributed by atoms with E-state index in [4.69, 9.17) is 10.5 Å². The number of sulfonamides is 1. The molecule has 0 aliphatic heterocycles. The lowest BCUT2D eigenvalue weighted by molar-refractivity contribution is 0.415. The largest absolute Gasteiger partial charge is 0.497 e. The highest BCUT2D eigenvalue weighted by atomic mass is 32.2. The van der Waals surface area contributed by atoms with Crippen LogP contribution in [-0.4, -0.2) is 15.5 Å². The number of nitrogens with one attached hydrogen (secondary N) is 1. The lowest BCUT2D eigenvalue weighted by Crippen LogP contribution is -2.15. The van der Waals surface area contributed by atoms with Crippen molar-refractivity contribution in [2.45, 2.75) is 11.8 Å². The second kappa shape index (κ2) is 5.61. The van der Waals surface area contributed by atoms with Gasteiger partial charge in [0.25, 0.3) is 10.0 Å². The Morgan fingerprint density at radius 3 is 2.62 bits per heavy atom. The van der Waals surface area contributed by atoms with Gasteiger partial charge in [-0.2, -0.15) is 0 Å². The van der Waals surface area contributed by atoms with Crippen LogP contribution in [0.2, 0.25) is 0 Å². The van der Waals surface area contributed by atoms with E-state index >= 15 is 0 Å². The number of anilines is 2. The molecule has 112 valence electrons. The molecule has 0 heterocycles. The molecule has 2 aromatic rings. The van der Waals surface area contributed by atoms with Crippen LogP contribution in [0.1, 0.15) is 5.56 Å². The number of nitrogens with two attached hydrogens (primary N) is 1. The Kier molecular flexibility index (Phi) is 4.04. The number of halogens is 1. The molecule has 0 unspecified atom stereocenters. The summed E-state index contributed by atoms with van der Waals surface area (Å²) in [5, 5.41) is 0. The van der Waals surface area contributed by atoms with E-state index in [1.807, 2.05) is 0 Å². The number of hydrogen-bond donors (Lipinski definition) is 2. The molecular formula is C14H15FN2O3S. The molecule has 0 aromatic heterocycles. The summed E-state index contributed by atoms with van der Waals surface area (Å²) in [7, 11) is -2.46. The van der Waals surface area contributed by atoms with Crippen LogP contribution in [0.3, 0.4) is 0 Å². The van der Waals surface area contributed by atoms with Crippen molar-refractivity contribution in [1.82, 2.24) is 0 Å². The minimum Gasteiger partial charge on any atom is -0.497 e. The predicted molar refractivity (Wildman–Crippen MR) is 79.4 cm³/mol. The minimum atomic E-state index is -3.94. The summed E-state index contributed by atoms with van der Waals surface area (Å²) in [5.74, 6) is -0.160. The number of methoxy groups -OCH3 is 1. The summed E-state index contributed by atoms with van der Waals surface area (Å²) in [5.41, 5.74) is 5.89. The van der Waals surface area contributed by atoms with Gasteiger partial charge in [0.1, 0.15) is 11.6 Å². The molecule has 2 rings (SSSR count). The quantitative estimate of drug-likeness (QED) is 0.850. The first-order valence-electron chi connectivity index (χ1n) is 6.06. The summed E-state index contributed by atoms with van der Waals surface area (Å²) in [6.45, 7) is 1.38. The lowest BCUT2D eigenvalue weighted by atomic mass is 10.2. The van der Waals surface area contributed by atoms with E-state index in [1.165, 1.54) is 26.2 Å². The van der Waals surface area contributed by atoms with Crippen LogP contribution < -0.4 is 15.2 Å². The molecule has 0 fully saturated rings. The highest BCUT2D eigenvalue weighted by molar-refractivity contribution is 7.92. The third-order valence-corrected chi connectivity index (χ3v) is 4.44. The molecule has 0 radical (unpaired) electrons. The molecule has 7 heteroatoms. The summed E-state index contributed by atoms with van der Waals surface area (Å²) < 4.78 is 45.7. The number of benzene rings is 2. The van der Waals surface area contributed by atoms with E-state index in [0.717, 1.165) is 6.07 Å². The maximum Gasteiger partial charge on any atom is 0.262 e. The van der Waals surface area contributed by atoms with Gasteiger partial charge in [-0.3, -0.25) is 4.72 Å². The lowest BCUT2D eigenvalue weighted by Gasteiger charge is -2.12. The standard InChI is InChI=1S/C14H15FN2O3S/c1-9-13(15)6-10(16)7-14(9)21(18,19)17-11-4-3-5-12(8-11)20-2/h3-8,17H,16H2,1-2H3. The molecule has 0 saturated carbocycles. The third kappa shape index (κ3) is 3.25. The fourth-order valence-corrected chi connectivity index (χ4v) is 3.19. The second-order valence-corrected chi connectivity index (χ2v) is 6.11. The molecule has 0 amide bonds. The Balaban J connectivity index is 2.43. The van der Waals surface area contributed by atoms with Crippen molar-refractivity contribution in [1.29, 1.82) is 0 Å². The van der Waals surface area contributed by atoms with Crippen molar-refractivity contribution in [3.63, 3.8) is 0 Å². The number of nitrogen functional groups attached to an aromatic ring is 1. The van der Waals surface area contributed by atoms with Crippen molar-refractivity contribution in [3.05, 3.63) is 47.8 Å². The molecular weight excluding hydrogens is 295 g/mol. The van der Waals surface area contributed by atoms with E-state index in [-0.39, 0.29) is 16.1 Å². The van der Waals surface area contributed by atoms with Crippen LogP contribution in [0.4, 0.5) is 15.8 Å². The number of rotatable bonds is 4. The molecule has 0 aliphatic carbocycles. The topological polar surface area (TPSA) is 81.4 Å². The summed E-state index contributed by atoms with van der Waals surface area (Å²) in [6.07, 6.45) is 0. The Bertz CT molecular complexity index is 776. The van der Waals surface area contributed by atoms with Gasteiger partial charge in [0.2, 0.25) is 0 Å². The molecule has 3 N–H and O–H groups in total. The fraction of sp³-hybridized carbons (Fsp3) is 0.143. The molecule has 0 atom stereocenters. The Hall–Kier alpha value is -2.28. The van der Waals surface area contributed by atoms with Crippen LogP contribution in [-0.2, 0) is 10.0 Å². The fourth-order valence-electron chi connectivity index (χ4n) is 1.85. The molecule has 21 heavy (non-hydrogen) atoms. The smallest absolute Gasteiger partial charge is 0.262 e. The van der Waals surface area contributed by atoms with Crippen molar-refractivity contribution in [2.75, 3.05) is 17.6 Å². The van der Waals surface area contributed by atoms with Crippen molar-refractivity contribution in [3.8, 4) is 5.75 Å². The first kappa shape index (κ1) is 15.1. The highest BCUT2D eigenvalue weighted by Crippen LogP contribution is 2.25. The average molecular weight is 310 g/mol. The predicted octanol–water partition coefficient (Wildman–Crippen LogP) is 2.53.